The number of amides is 1. The number of hydrogen-bond acceptors (Lipinski definition) is 3. The topological polar surface area (TPSA) is 51.5 Å². The molecule has 4 aromatic rings. The molecule has 1 heterocycles. The van der Waals surface area contributed by atoms with Gasteiger partial charge in [-0.2, -0.15) is 0 Å². The lowest BCUT2D eigenvalue weighted by molar-refractivity contribution is -0.130. The molecule has 0 aliphatic heterocycles. The Hall–Kier alpha value is -3.86. The van der Waals surface area contributed by atoms with Gasteiger partial charge < -0.3 is 14.2 Å². The number of aromatic nitrogens is 1. The van der Waals surface area contributed by atoms with Gasteiger partial charge in [0.1, 0.15) is 18.9 Å². The molecule has 4 rings (SSSR count). The average molecular weight is 427 g/mol. The van der Waals surface area contributed by atoms with Gasteiger partial charge in [-0.15, -0.1) is 0 Å². The Morgan fingerprint density at radius 1 is 0.969 bits per heavy atom. The fraction of sp³-hybridized carbons (Fsp3) is 0.185. The summed E-state index contributed by atoms with van der Waals surface area (Å²) < 4.78 is 7.77. The molecule has 0 spiro atoms. The van der Waals surface area contributed by atoms with Crippen LogP contribution >= 0.6 is 0 Å². The summed E-state index contributed by atoms with van der Waals surface area (Å²) in [4.78, 5) is 26.2. The van der Waals surface area contributed by atoms with Crippen molar-refractivity contribution in [1.82, 2.24) is 9.47 Å². The Balaban J connectivity index is 1.48. The highest BCUT2D eigenvalue weighted by molar-refractivity contribution is 5.98. The van der Waals surface area contributed by atoms with E-state index in [-0.39, 0.29) is 12.5 Å². The molecule has 1 amide bonds. The number of hydrogen-bond donors (Lipinski definition) is 0. The minimum Gasteiger partial charge on any atom is -0.489 e. The zero-order valence-electron chi connectivity index (χ0n) is 18.1. The summed E-state index contributed by atoms with van der Waals surface area (Å²) >= 11 is 0. The number of likely N-dealkylation sites (N-methyl/N-ethyl adjacent to an activating group) is 1. The molecule has 0 fully saturated rings. The lowest BCUT2D eigenvalue weighted by Gasteiger charge is -2.18. The maximum Gasteiger partial charge on any atom is 0.242 e. The highest BCUT2D eigenvalue weighted by Crippen LogP contribution is 2.26. The SMILES string of the molecule is CN(CCc1ccccc1)C(=O)Cn1cc(C=O)c2ccc(OCc3ccccc3)cc21. The predicted octanol–water partition coefficient (Wildman–Crippen LogP) is 4.73. The average Bonchev–Trinajstić information content (AvgIpc) is 3.19. The first-order chi connectivity index (χ1) is 15.6. The maximum absolute atomic E-state index is 12.9. The number of fused-ring (bicyclic) bond motifs is 1. The summed E-state index contributed by atoms with van der Waals surface area (Å²) in [6, 6.07) is 25.7. The van der Waals surface area contributed by atoms with Gasteiger partial charge in [0.25, 0.3) is 0 Å². The third-order valence-electron chi connectivity index (χ3n) is 5.57. The number of aldehydes is 1. The second-order valence-electron chi connectivity index (χ2n) is 7.83. The van der Waals surface area contributed by atoms with Crippen molar-refractivity contribution in [2.24, 2.45) is 0 Å². The number of carbonyl (C=O) groups excluding carboxylic acids is 2. The van der Waals surface area contributed by atoms with Crippen LogP contribution in [0.4, 0.5) is 0 Å². The molecule has 0 unspecified atom stereocenters. The van der Waals surface area contributed by atoms with E-state index in [1.807, 2.05) is 78.3 Å². The summed E-state index contributed by atoms with van der Waals surface area (Å²) in [5, 5.41) is 0.812. The molecule has 162 valence electrons. The van der Waals surface area contributed by atoms with E-state index < -0.39 is 0 Å². The maximum atomic E-state index is 12.9. The van der Waals surface area contributed by atoms with E-state index in [4.69, 9.17) is 4.74 Å². The van der Waals surface area contributed by atoms with Gasteiger partial charge in [-0.25, -0.2) is 0 Å². The van der Waals surface area contributed by atoms with Crippen LogP contribution in [0.1, 0.15) is 21.5 Å². The normalized spacial score (nSPS) is 10.8. The van der Waals surface area contributed by atoms with E-state index in [1.54, 1.807) is 11.1 Å². The largest absolute Gasteiger partial charge is 0.489 e. The van der Waals surface area contributed by atoms with E-state index in [0.717, 1.165) is 29.2 Å². The van der Waals surface area contributed by atoms with Crippen LogP contribution in [0.3, 0.4) is 0 Å². The zero-order chi connectivity index (χ0) is 22.3. The van der Waals surface area contributed by atoms with Crippen LogP contribution in [0.25, 0.3) is 10.9 Å². The van der Waals surface area contributed by atoms with Gasteiger partial charge in [0.15, 0.2) is 6.29 Å². The Labute approximate surface area is 187 Å². The van der Waals surface area contributed by atoms with Crippen molar-refractivity contribution >= 4 is 23.1 Å². The first-order valence-electron chi connectivity index (χ1n) is 10.7. The standard InChI is InChI=1S/C27H26N2O3/c1-28(15-14-21-8-4-2-5-9-21)27(31)18-29-17-23(19-30)25-13-12-24(16-26(25)29)32-20-22-10-6-3-7-11-22/h2-13,16-17,19H,14-15,18,20H2,1H3. The molecule has 0 saturated carbocycles. The Kier molecular flexibility index (Phi) is 6.66. The van der Waals surface area contributed by atoms with E-state index in [0.29, 0.717) is 24.5 Å². The van der Waals surface area contributed by atoms with Crippen molar-refractivity contribution in [2.75, 3.05) is 13.6 Å². The van der Waals surface area contributed by atoms with Crippen molar-refractivity contribution in [3.05, 3.63) is 102 Å². The number of carbonyl (C=O) groups is 2. The van der Waals surface area contributed by atoms with E-state index in [9.17, 15) is 9.59 Å². The summed E-state index contributed by atoms with van der Waals surface area (Å²) in [7, 11) is 1.81. The summed E-state index contributed by atoms with van der Waals surface area (Å²) in [6.45, 7) is 1.25. The van der Waals surface area contributed by atoms with Crippen molar-refractivity contribution in [3.63, 3.8) is 0 Å². The van der Waals surface area contributed by atoms with Crippen molar-refractivity contribution in [1.29, 1.82) is 0 Å². The molecule has 1 aromatic heterocycles. The summed E-state index contributed by atoms with van der Waals surface area (Å²) in [5.74, 6) is 0.689. The van der Waals surface area contributed by atoms with Gasteiger partial charge in [0.05, 0.1) is 5.52 Å². The number of ether oxygens (including phenoxy) is 1. The summed E-state index contributed by atoms with van der Waals surface area (Å²) in [5.41, 5.74) is 3.64. The minimum absolute atomic E-state index is 0.00844. The molecule has 0 atom stereocenters. The van der Waals surface area contributed by atoms with Gasteiger partial charge in [-0.05, 0) is 29.7 Å². The van der Waals surface area contributed by atoms with Crippen molar-refractivity contribution in [3.8, 4) is 5.75 Å². The van der Waals surface area contributed by atoms with Crippen molar-refractivity contribution in [2.45, 2.75) is 19.6 Å². The van der Waals surface area contributed by atoms with Crippen LogP contribution < -0.4 is 4.74 Å². The van der Waals surface area contributed by atoms with Crippen LogP contribution in [-0.2, 0) is 24.4 Å². The number of rotatable bonds is 9. The highest BCUT2D eigenvalue weighted by atomic mass is 16.5. The van der Waals surface area contributed by atoms with Crippen molar-refractivity contribution < 1.29 is 14.3 Å². The van der Waals surface area contributed by atoms with Gasteiger partial charge >= 0.3 is 0 Å². The first-order valence-corrected chi connectivity index (χ1v) is 10.7. The van der Waals surface area contributed by atoms with E-state index >= 15 is 0 Å². The lowest BCUT2D eigenvalue weighted by atomic mass is 10.1. The Morgan fingerprint density at radius 3 is 2.34 bits per heavy atom. The molecule has 5 heteroatoms. The molecule has 0 radical (unpaired) electrons. The minimum atomic E-state index is -0.00844. The van der Waals surface area contributed by atoms with Crippen LogP contribution in [0.5, 0.6) is 5.75 Å². The number of benzene rings is 3. The molecule has 32 heavy (non-hydrogen) atoms. The molecule has 0 saturated heterocycles. The van der Waals surface area contributed by atoms with E-state index in [1.165, 1.54) is 5.56 Å². The van der Waals surface area contributed by atoms with Gasteiger partial charge in [-0.3, -0.25) is 9.59 Å². The predicted molar refractivity (Wildman–Crippen MR) is 126 cm³/mol. The molecule has 5 nitrogen and oxygen atoms in total. The van der Waals surface area contributed by atoms with Crippen LogP contribution in [-0.4, -0.2) is 35.3 Å². The van der Waals surface area contributed by atoms with Crippen LogP contribution in [0.2, 0.25) is 0 Å². The van der Waals surface area contributed by atoms with E-state index in [2.05, 4.69) is 12.1 Å². The van der Waals surface area contributed by atoms with Gasteiger partial charge in [0.2, 0.25) is 5.91 Å². The first kappa shape index (κ1) is 21.4. The monoisotopic (exact) mass is 426 g/mol. The fourth-order valence-electron chi connectivity index (χ4n) is 3.69. The number of nitrogens with zero attached hydrogens (tertiary/aromatic N) is 2. The lowest BCUT2D eigenvalue weighted by Crippen LogP contribution is -2.31. The Morgan fingerprint density at radius 2 is 1.66 bits per heavy atom. The second kappa shape index (κ2) is 9.96. The molecule has 0 bridgehead atoms. The Bertz CT molecular complexity index is 1200. The van der Waals surface area contributed by atoms with Crippen LogP contribution in [0.15, 0.2) is 85.1 Å². The second-order valence-corrected chi connectivity index (χ2v) is 7.83. The molecule has 3 aromatic carbocycles. The molecule has 0 aliphatic carbocycles. The summed E-state index contributed by atoms with van der Waals surface area (Å²) in [6.07, 6.45) is 3.36. The third-order valence-corrected chi connectivity index (χ3v) is 5.57. The smallest absolute Gasteiger partial charge is 0.242 e. The molecular weight excluding hydrogens is 400 g/mol. The van der Waals surface area contributed by atoms with Crippen LogP contribution in [0, 0.1) is 0 Å². The molecular formula is C27H26N2O3. The highest BCUT2D eigenvalue weighted by Gasteiger charge is 2.15. The van der Waals surface area contributed by atoms with Gasteiger partial charge in [0, 0.05) is 36.8 Å². The zero-order valence-corrected chi connectivity index (χ0v) is 18.1. The van der Waals surface area contributed by atoms with Gasteiger partial charge in [-0.1, -0.05) is 60.7 Å². The third kappa shape index (κ3) is 5.06. The fourth-order valence-corrected chi connectivity index (χ4v) is 3.69. The molecule has 0 aliphatic rings. The molecule has 0 N–H and O–H groups in total. The quantitative estimate of drug-likeness (QED) is 0.364.